The summed E-state index contributed by atoms with van der Waals surface area (Å²) >= 11 is 1.88. The van der Waals surface area contributed by atoms with Crippen LogP contribution in [-0.4, -0.2) is 9.13 Å². The molecule has 0 bridgehead atoms. The Balaban J connectivity index is 0.943. The van der Waals surface area contributed by atoms with Crippen LogP contribution in [0.3, 0.4) is 0 Å². The number of thiophene rings is 1. The SMILES string of the molecule is CC1(C)c2cc(-c3ccccc3)ccc2-c2cc3c(cc21)c1cc(N(c2ccc(-c4cccc5c4sc4ccccc45)cc2)c2ccc4c(c2)c2ccccc2n4-c2ccccc2)ccc1n3-c1ccccc1. The van der Waals surface area contributed by atoms with Gasteiger partial charge in [-0.15, -0.1) is 11.3 Å². The molecule has 0 radical (unpaired) electrons. The number of benzene rings is 11. The molecular weight excluding hydrogens is 903 g/mol. The van der Waals surface area contributed by atoms with Gasteiger partial charge in [-0.05, 0) is 148 Å². The van der Waals surface area contributed by atoms with Gasteiger partial charge in [-0.2, -0.15) is 0 Å². The van der Waals surface area contributed by atoms with Crippen molar-refractivity contribution in [2.45, 2.75) is 19.3 Å². The minimum atomic E-state index is -0.204. The molecule has 344 valence electrons. The van der Waals surface area contributed by atoms with E-state index in [1.807, 2.05) is 11.3 Å². The number of para-hydroxylation sites is 3. The molecule has 3 nitrogen and oxygen atoms in total. The standard InChI is InChI=1S/C69H47N3S/c1-69(2)61-39-46(44-17-6-3-7-18-44)31-36-53(61)57-43-66-60(42-62(57)69)59-41-51(35-38-65(59)72(66)48-21-10-5-11-22-48)70(49-32-29-45(30-33-49)52-25-16-26-56-55-24-13-15-28-67(55)73-68(52)56)50-34-37-64-58(40-50)54-23-12-14-27-63(54)71(64)47-19-8-4-9-20-47/h3-43H,1-2H3. The molecule has 0 N–H and O–H groups in total. The van der Waals surface area contributed by atoms with Crippen LogP contribution in [0.15, 0.2) is 249 Å². The number of hydrogen-bond donors (Lipinski definition) is 0. The van der Waals surface area contributed by atoms with Crippen LogP contribution in [0.5, 0.6) is 0 Å². The Bertz CT molecular complexity index is 4500. The quantitative estimate of drug-likeness (QED) is 0.155. The lowest BCUT2D eigenvalue weighted by Crippen LogP contribution is -2.15. The van der Waals surface area contributed by atoms with Crippen molar-refractivity contribution in [1.82, 2.24) is 9.13 Å². The largest absolute Gasteiger partial charge is 0.310 e. The Kier molecular flexibility index (Phi) is 9.17. The normalized spacial score (nSPS) is 12.9. The van der Waals surface area contributed by atoms with Gasteiger partial charge in [0.1, 0.15) is 0 Å². The van der Waals surface area contributed by atoms with Crippen LogP contribution < -0.4 is 4.90 Å². The Hall–Kier alpha value is -8.96. The van der Waals surface area contributed by atoms with Crippen LogP contribution in [0.4, 0.5) is 17.1 Å². The second-order valence-electron chi connectivity index (χ2n) is 20.1. The number of nitrogens with zero attached hydrogens (tertiary/aromatic N) is 3. The Morgan fingerprint density at radius 3 is 1.58 bits per heavy atom. The summed E-state index contributed by atoms with van der Waals surface area (Å²) in [4.78, 5) is 2.46. The highest BCUT2D eigenvalue weighted by atomic mass is 32.1. The minimum absolute atomic E-state index is 0.204. The Morgan fingerprint density at radius 2 is 0.863 bits per heavy atom. The first-order chi connectivity index (χ1) is 36.0. The lowest BCUT2D eigenvalue weighted by atomic mass is 9.81. The highest BCUT2D eigenvalue weighted by molar-refractivity contribution is 7.26. The zero-order valence-electron chi connectivity index (χ0n) is 40.4. The smallest absolute Gasteiger partial charge is 0.0547 e. The predicted molar refractivity (Wildman–Crippen MR) is 311 cm³/mol. The predicted octanol–water partition coefficient (Wildman–Crippen LogP) is 19.4. The van der Waals surface area contributed by atoms with Crippen molar-refractivity contribution in [3.63, 3.8) is 0 Å². The maximum atomic E-state index is 2.51. The van der Waals surface area contributed by atoms with Gasteiger partial charge in [0, 0.05) is 75.6 Å². The van der Waals surface area contributed by atoms with E-state index in [1.165, 1.54) is 108 Å². The first-order valence-electron chi connectivity index (χ1n) is 25.2. The van der Waals surface area contributed by atoms with Crippen LogP contribution in [0.1, 0.15) is 25.0 Å². The van der Waals surface area contributed by atoms with Crippen LogP contribution in [0.2, 0.25) is 0 Å². The first-order valence-corrected chi connectivity index (χ1v) is 26.1. The number of rotatable bonds is 7. The molecule has 15 rings (SSSR count). The molecule has 0 saturated heterocycles. The molecule has 3 aromatic heterocycles. The molecule has 0 aliphatic heterocycles. The average molecular weight is 950 g/mol. The highest BCUT2D eigenvalue weighted by Crippen LogP contribution is 2.53. The molecule has 14 aromatic rings. The number of fused-ring (bicyclic) bond motifs is 12. The van der Waals surface area contributed by atoms with Gasteiger partial charge < -0.3 is 14.0 Å². The molecule has 73 heavy (non-hydrogen) atoms. The highest BCUT2D eigenvalue weighted by Gasteiger charge is 2.37. The van der Waals surface area contributed by atoms with E-state index in [0.717, 1.165) is 28.4 Å². The van der Waals surface area contributed by atoms with Crippen molar-refractivity contribution in [2.75, 3.05) is 4.90 Å². The van der Waals surface area contributed by atoms with Gasteiger partial charge in [0.05, 0.1) is 22.1 Å². The van der Waals surface area contributed by atoms with Gasteiger partial charge in [-0.3, -0.25) is 0 Å². The second kappa shape index (κ2) is 16.0. The average Bonchev–Trinajstić information content (AvgIpc) is 4.16. The molecule has 0 saturated carbocycles. The summed E-state index contributed by atoms with van der Waals surface area (Å²) in [7, 11) is 0. The van der Waals surface area contributed by atoms with Gasteiger partial charge in [-0.25, -0.2) is 0 Å². The van der Waals surface area contributed by atoms with E-state index in [9.17, 15) is 0 Å². The van der Waals surface area contributed by atoms with Gasteiger partial charge >= 0.3 is 0 Å². The third kappa shape index (κ3) is 6.37. The summed E-state index contributed by atoms with van der Waals surface area (Å²) in [6.45, 7) is 4.80. The summed E-state index contributed by atoms with van der Waals surface area (Å²) in [5.74, 6) is 0. The second-order valence-corrected chi connectivity index (χ2v) is 21.1. The fourth-order valence-corrected chi connectivity index (χ4v) is 13.4. The molecular formula is C69H47N3S. The molecule has 0 spiro atoms. The third-order valence-corrected chi connectivity index (χ3v) is 16.9. The summed E-state index contributed by atoms with van der Waals surface area (Å²) in [6.07, 6.45) is 0. The van der Waals surface area contributed by atoms with Crippen LogP contribution in [0.25, 0.3) is 109 Å². The van der Waals surface area contributed by atoms with Crippen molar-refractivity contribution in [3.05, 3.63) is 260 Å². The van der Waals surface area contributed by atoms with E-state index >= 15 is 0 Å². The van der Waals surface area contributed by atoms with Gasteiger partial charge in [0.25, 0.3) is 0 Å². The molecule has 1 aliphatic rings. The fourth-order valence-electron chi connectivity index (χ4n) is 12.2. The Morgan fingerprint density at radius 1 is 0.329 bits per heavy atom. The van der Waals surface area contributed by atoms with Gasteiger partial charge in [0.15, 0.2) is 0 Å². The molecule has 0 unspecified atom stereocenters. The topological polar surface area (TPSA) is 13.1 Å². The molecule has 1 aliphatic carbocycles. The number of aromatic nitrogens is 2. The van der Waals surface area contributed by atoms with E-state index < -0.39 is 0 Å². The van der Waals surface area contributed by atoms with Crippen LogP contribution in [-0.2, 0) is 5.41 Å². The number of anilines is 3. The van der Waals surface area contributed by atoms with E-state index in [0.29, 0.717) is 0 Å². The monoisotopic (exact) mass is 949 g/mol. The van der Waals surface area contributed by atoms with Gasteiger partial charge in [-0.1, -0.05) is 159 Å². The van der Waals surface area contributed by atoms with Crippen molar-refractivity contribution in [2.24, 2.45) is 0 Å². The molecule has 0 amide bonds. The van der Waals surface area contributed by atoms with Crippen molar-refractivity contribution < 1.29 is 0 Å². The van der Waals surface area contributed by atoms with E-state index in [-0.39, 0.29) is 5.41 Å². The van der Waals surface area contributed by atoms with Gasteiger partial charge in [0.2, 0.25) is 0 Å². The summed E-state index contributed by atoms with van der Waals surface area (Å²) in [5.41, 5.74) is 20.4. The van der Waals surface area contributed by atoms with Crippen molar-refractivity contribution in [3.8, 4) is 44.8 Å². The zero-order valence-corrected chi connectivity index (χ0v) is 41.2. The van der Waals surface area contributed by atoms with E-state index in [2.05, 4.69) is 277 Å². The fraction of sp³-hybridized carbons (Fsp3) is 0.0435. The maximum absolute atomic E-state index is 2.51. The van der Waals surface area contributed by atoms with Crippen molar-refractivity contribution in [1.29, 1.82) is 0 Å². The van der Waals surface area contributed by atoms with Crippen LogP contribution >= 0.6 is 11.3 Å². The molecule has 3 heterocycles. The van der Waals surface area contributed by atoms with E-state index in [1.54, 1.807) is 0 Å². The lowest BCUT2D eigenvalue weighted by molar-refractivity contribution is 0.661. The molecule has 4 heteroatoms. The summed E-state index contributed by atoms with van der Waals surface area (Å²) in [6, 6.07) is 92.1. The Labute approximate surface area is 427 Å². The zero-order chi connectivity index (χ0) is 48.4. The number of hydrogen-bond acceptors (Lipinski definition) is 2. The lowest BCUT2D eigenvalue weighted by Gasteiger charge is -2.26. The summed E-state index contributed by atoms with van der Waals surface area (Å²) < 4.78 is 7.50. The van der Waals surface area contributed by atoms with Crippen molar-refractivity contribution >= 4 is 92.2 Å². The molecule has 11 aromatic carbocycles. The third-order valence-electron chi connectivity index (χ3n) is 15.7. The molecule has 0 fully saturated rings. The minimum Gasteiger partial charge on any atom is -0.310 e. The summed E-state index contributed by atoms with van der Waals surface area (Å²) in [5, 5.41) is 7.53. The van der Waals surface area contributed by atoms with Crippen LogP contribution in [0, 0.1) is 0 Å². The molecule has 0 atom stereocenters. The first kappa shape index (κ1) is 41.8. The van der Waals surface area contributed by atoms with E-state index in [4.69, 9.17) is 0 Å². The maximum Gasteiger partial charge on any atom is 0.0547 e.